The summed E-state index contributed by atoms with van der Waals surface area (Å²) in [6.45, 7) is 6.65. The smallest absolute Gasteiger partial charge is 0.286 e. The van der Waals surface area contributed by atoms with Crippen molar-refractivity contribution in [1.29, 1.82) is 0 Å². The van der Waals surface area contributed by atoms with Crippen molar-refractivity contribution < 1.29 is 19.1 Å². The fourth-order valence-corrected chi connectivity index (χ4v) is 4.62. The van der Waals surface area contributed by atoms with Gasteiger partial charge < -0.3 is 19.7 Å². The highest BCUT2D eigenvalue weighted by Crippen LogP contribution is 2.31. The highest BCUT2D eigenvalue weighted by atomic mass is 32.1. The number of piperidine rings is 1. The van der Waals surface area contributed by atoms with Crippen LogP contribution in [0.5, 0.6) is 0 Å². The molecule has 160 valence electrons. The molecule has 0 unspecified atom stereocenters. The van der Waals surface area contributed by atoms with Crippen LogP contribution in [-0.4, -0.2) is 59.0 Å². The maximum absolute atomic E-state index is 12.8. The number of carbonyl (C=O) groups excluding carboxylic acids is 2. The van der Waals surface area contributed by atoms with Gasteiger partial charge in [-0.1, -0.05) is 25.2 Å². The van der Waals surface area contributed by atoms with E-state index in [2.05, 4.69) is 29.4 Å². The molecule has 0 aliphatic carbocycles. The van der Waals surface area contributed by atoms with E-state index in [1.807, 2.05) is 4.90 Å². The molecular formula is C21H26N4O4S. The molecule has 2 aliphatic rings. The average molecular weight is 431 g/mol. The van der Waals surface area contributed by atoms with E-state index in [0.717, 1.165) is 11.4 Å². The average Bonchev–Trinajstić information content (AvgIpc) is 3.38. The first kappa shape index (κ1) is 20.9. The first-order chi connectivity index (χ1) is 14.4. The zero-order valence-electron chi connectivity index (χ0n) is 17.2. The summed E-state index contributed by atoms with van der Waals surface area (Å²) in [5.74, 6) is -0.352. The Bertz CT molecular complexity index is 896. The number of ether oxygens (including phenoxy) is 2. The van der Waals surface area contributed by atoms with Gasteiger partial charge in [0.25, 0.3) is 11.8 Å². The molecule has 1 aromatic carbocycles. The van der Waals surface area contributed by atoms with E-state index in [9.17, 15) is 9.59 Å². The summed E-state index contributed by atoms with van der Waals surface area (Å²) in [6.07, 6.45) is 2.18. The summed E-state index contributed by atoms with van der Waals surface area (Å²) >= 11 is 1.31. The van der Waals surface area contributed by atoms with E-state index in [-0.39, 0.29) is 11.8 Å². The van der Waals surface area contributed by atoms with Crippen LogP contribution in [0.25, 0.3) is 0 Å². The van der Waals surface area contributed by atoms with Crippen LogP contribution in [0.3, 0.4) is 0 Å². The molecule has 1 aromatic heterocycles. The molecule has 2 saturated heterocycles. The van der Waals surface area contributed by atoms with E-state index >= 15 is 0 Å². The maximum atomic E-state index is 12.8. The molecule has 0 atom stereocenters. The fourth-order valence-electron chi connectivity index (χ4n) is 3.68. The van der Waals surface area contributed by atoms with Crippen LogP contribution in [0.15, 0.2) is 24.3 Å². The molecule has 2 aliphatic heterocycles. The zero-order valence-corrected chi connectivity index (χ0v) is 18.0. The predicted octanol–water partition coefficient (Wildman–Crippen LogP) is 2.97. The summed E-state index contributed by atoms with van der Waals surface area (Å²) in [6, 6.07) is 6.93. The van der Waals surface area contributed by atoms with Crippen molar-refractivity contribution in [2.75, 3.05) is 31.6 Å². The molecule has 3 heterocycles. The highest BCUT2D eigenvalue weighted by molar-refractivity contribution is 7.13. The van der Waals surface area contributed by atoms with Gasteiger partial charge >= 0.3 is 0 Å². The number of benzene rings is 1. The SMILES string of the molecule is CC(C)Cc1nnc(C(=O)Nc2ccc(C(=O)N3CCC4(CC3)OCCO4)cc2)s1. The highest BCUT2D eigenvalue weighted by Gasteiger charge is 2.40. The van der Waals surface area contributed by atoms with Gasteiger partial charge in [0.2, 0.25) is 5.01 Å². The van der Waals surface area contributed by atoms with Crippen LogP contribution in [-0.2, 0) is 15.9 Å². The number of hydrogen-bond acceptors (Lipinski definition) is 7. The van der Waals surface area contributed by atoms with E-state index in [0.29, 0.717) is 61.3 Å². The molecule has 4 rings (SSSR count). The second-order valence-corrected chi connectivity index (χ2v) is 9.09. The number of hydrogen-bond donors (Lipinski definition) is 1. The summed E-state index contributed by atoms with van der Waals surface area (Å²) in [5, 5.41) is 12.1. The molecule has 1 spiro atoms. The molecule has 8 nitrogen and oxygen atoms in total. The number of likely N-dealkylation sites (tertiary alicyclic amines) is 1. The fraction of sp³-hybridized carbons (Fsp3) is 0.524. The first-order valence-corrected chi connectivity index (χ1v) is 11.1. The second-order valence-electron chi connectivity index (χ2n) is 8.03. The normalized spacial score (nSPS) is 18.2. The van der Waals surface area contributed by atoms with Crippen molar-refractivity contribution in [3.63, 3.8) is 0 Å². The third-order valence-corrected chi connectivity index (χ3v) is 6.20. The molecule has 2 fully saturated rings. The van der Waals surface area contributed by atoms with Gasteiger partial charge in [0.05, 0.1) is 13.2 Å². The van der Waals surface area contributed by atoms with Crippen molar-refractivity contribution >= 4 is 28.8 Å². The van der Waals surface area contributed by atoms with E-state index in [4.69, 9.17) is 9.47 Å². The molecule has 0 saturated carbocycles. The summed E-state index contributed by atoms with van der Waals surface area (Å²) in [5.41, 5.74) is 1.20. The van der Waals surface area contributed by atoms with Gasteiger partial charge in [-0.05, 0) is 30.2 Å². The quantitative estimate of drug-likeness (QED) is 0.784. The molecule has 30 heavy (non-hydrogen) atoms. The monoisotopic (exact) mass is 430 g/mol. The van der Waals surface area contributed by atoms with Crippen LogP contribution < -0.4 is 5.32 Å². The van der Waals surface area contributed by atoms with Gasteiger partial charge in [0.15, 0.2) is 5.79 Å². The molecule has 0 radical (unpaired) electrons. The summed E-state index contributed by atoms with van der Waals surface area (Å²) < 4.78 is 11.4. The zero-order chi connectivity index (χ0) is 21.1. The minimum atomic E-state index is -0.495. The lowest BCUT2D eigenvalue weighted by Gasteiger charge is -2.37. The third kappa shape index (κ3) is 4.69. The van der Waals surface area contributed by atoms with E-state index in [1.165, 1.54) is 11.3 Å². The Hall–Kier alpha value is -2.36. The van der Waals surface area contributed by atoms with Gasteiger partial charge in [0.1, 0.15) is 5.01 Å². The molecule has 2 aromatic rings. The van der Waals surface area contributed by atoms with Crippen LogP contribution in [0.1, 0.15) is 51.9 Å². The number of anilines is 1. The number of nitrogens with zero attached hydrogens (tertiary/aromatic N) is 3. The van der Waals surface area contributed by atoms with Crippen molar-refractivity contribution in [3.05, 3.63) is 39.8 Å². The van der Waals surface area contributed by atoms with Crippen molar-refractivity contribution in [1.82, 2.24) is 15.1 Å². The van der Waals surface area contributed by atoms with E-state index in [1.54, 1.807) is 24.3 Å². The Morgan fingerprint density at radius 1 is 1.13 bits per heavy atom. The van der Waals surface area contributed by atoms with Crippen LogP contribution in [0.4, 0.5) is 5.69 Å². The minimum absolute atomic E-state index is 0.0248. The van der Waals surface area contributed by atoms with Gasteiger partial charge in [-0.15, -0.1) is 10.2 Å². The Kier molecular flexibility index (Phi) is 6.12. The summed E-state index contributed by atoms with van der Waals surface area (Å²) in [4.78, 5) is 27.0. The lowest BCUT2D eigenvalue weighted by atomic mass is 10.0. The lowest BCUT2D eigenvalue weighted by Crippen LogP contribution is -2.47. The van der Waals surface area contributed by atoms with Crippen LogP contribution >= 0.6 is 11.3 Å². The molecular weight excluding hydrogens is 404 g/mol. The number of aromatic nitrogens is 2. The van der Waals surface area contributed by atoms with Crippen LogP contribution in [0.2, 0.25) is 0 Å². The Labute approximate surface area is 179 Å². The standard InChI is InChI=1S/C21H26N4O4S/c1-14(2)13-17-23-24-19(30-17)18(26)22-16-5-3-15(4-6-16)20(27)25-9-7-21(8-10-25)28-11-12-29-21/h3-6,14H,7-13H2,1-2H3,(H,22,26). The Morgan fingerprint density at radius 2 is 1.80 bits per heavy atom. The number of rotatable bonds is 5. The van der Waals surface area contributed by atoms with Crippen molar-refractivity contribution in [3.8, 4) is 0 Å². The van der Waals surface area contributed by atoms with E-state index < -0.39 is 5.79 Å². The van der Waals surface area contributed by atoms with Crippen molar-refractivity contribution in [2.45, 2.75) is 38.9 Å². The third-order valence-electron chi connectivity index (χ3n) is 5.26. The molecule has 1 N–H and O–H groups in total. The van der Waals surface area contributed by atoms with Gasteiger partial charge in [0, 0.05) is 43.6 Å². The minimum Gasteiger partial charge on any atom is -0.347 e. The number of carbonyl (C=O) groups is 2. The second kappa shape index (κ2) is 8.79. The topological polar surface area (TPSA) is 93.7 Å². The lowest BCUT2D eigenvalue weighted by molar-refractivity contribution is -0.181. The van der Waals surface area contributed by atoms with Gasteiger partial charge in [-0.3, -0.25) is 9.59 Å². The molecule has 2 amide bonds. The Balaban J connectivity index is 1.33. The van der Waals surface area contributed by atoms with Gasteiger partial charge in [-0.2, -0.15) is 0 Å². The van der Waals surface area contributed by atoms with Crippen LogP contribution in [0, 0.1) is 5.92 Å². The summed E-state index contributed by atoms with van der Waals surface area (Å²) in [7, 11) is 0. The predicted molar refractivity (Wildman–Crippen MR) is 113 cm³/mol. The van der Waals surface area contributed by atoms with Crippen molar-refractivity contribution in [2.24, 2.45) is 5.92 Å². The van der Waals surface area contributed by atoms with Gasteiger partial charge in [-0.25, -0.2) is 0 Å². The maximum Gasteiger partial charge on any atom is 0.286 e. The molecule has 0 bridgehead atoms. The number of nitrogens with one attached hydrogen (secondary N) is 1. The number of amides is 2. The molecule has 9 heteroatoms. The largest absolute Gasteiger partial charge is 0.347 e. The Morgan fingerprint density at radius 3 is 2.43 bits per heavy atom. The first-order valence-electron chi connectivity index (χ1n) is 10.3.